The molecule has 0 radical (unpaired) electrons. The Balaban J connectivity index is 2.28. The smallest absolute Gasteiger partial charge is 0.0600 e. The molecule has 17 heavy (non-hydrogen) atoms. The lowest BCUT2D eigenvalue weighted by Crippen LogP contribution is -2.33. The summed E-state index contributed by atoms with van der Waals surface area (Å²) in [4.78, 5) is 2.55. The minimum atomic E-state index is -0.173. The molecule has 102 valence electrons. The Kier molecular flexibility index (Phi) is 5.94. The van der Waals surface area contributed by atoms with Crippen molar-refractivity contribution in [1.82, 2.24) is 4.90 Å². The molecule has 1 saturated heterocycles. The number of hydrogen-bond donors (Lipinski definition) is 1. The van der Waals surface area contributed by atoms with Crippen molar-refractivity contribution in [3.05, 3.63) is 0 Å². The second-order valence-corrected chi connectivity index (χ2v) is 6.72. The Labute approximate surface area is 107 Å². The lowest BCUT2D eigenvalue weighted by Gasteiger charge is -2.28. The molecule has 0 spiro atoms. The summed E-state index contributed by atoms with van der Waals surface area (Å²) < 4.78 is 0. The highest BCUT2D eigenvalue weighted by atomic mass is 16.3. The summed E-state index contributed by atoms with van der Waals surface area (Å²) in [5, 5.41) is 10.1. The molecule has 1 aliphatic heterocycles. The topological polar surface area (TPSA) is 23.5 Å². The fourth-order valence-corrected chi connectivity index (χ4v) is 2.59. The number of likely N-dealkylation sites (tertiary alicyclic amines) is 1. The third kappa shape index (κ3) is 5.39. The van der Waals surface area contributed by atoms with Gasteiger partial charge in [-0.15, -0.1) is 0 Å². The molecule has 2 atom stereocenters. The number of aliphatic hydroxyl groups is 1. The Hall–Kier alpha value is -0.0800. The molecule has 0 aliphatic carbocycles. The maximum atomic E-state index is 10.1. The number of hydrogen-bond acceptors (Lipinski definition) is 2. The molecule has 0 saturated carbocycles. The summed E-state index contributed by atoms with van der Waals surface area (Å²) in [6.45, 7) is 12.2. The van der Waals surface area contributed by atoms with Crippen LogP contribution in [0.3, 0.4) is 0 Å². The summed E-state index contributed by atoms with van der Waals surface area (Å²) >= 11 is 0. The molecule has 0 bridgehead atoms. The van der Waals surface area contributed by atoms with Crippen LogP contribution in [0, 0.1) is 11.3 Å². The van der Waals surface area contributed by atoms with Gasteiger partial charge in [0, 0.05) is 6.54 Å². The molecule has 0 aromatic heterocycles. The van der Waals surface area contributed by atoms with Gasteiger partial charge in [-0.1, -0.05) is 34.1 Å². The van der Waals surface area contributed by atoms with E-state index in [1.54, 1.807) is 0 Å². The summed E-state index contributed by atoms with van der Waals surface area (Å²) in [6, 6.07) is 0. The minimum Gasteiger partial charge on any atom is -0.393 e. The zero-order valence-corrected chi connectivity index (χ0v) is 12.2. The van der Waals surface area contributed by atoms with E-state index >= 15 is 0 Å². The van der Waals surface area contributed by atoms with E-state index in [0.29, 0.717) is 0 Å². The summed E-state index contributed by atoms with van der Waals surface area (Å²) in [5.41, 5.74) is 0.0256. The van der Waals surface area contributed by atoms with Crippen molar-refractivity contribution in [2.24, 2.45) is 11.3 Å². The first-order valence-corrected chi connectivity index (χ1v) is 7.34. The van der Waals surface area contributed by atoms with Crippen LogP contribution in [-0.2, 0) is 0 Å². The Morgan fingerprint density at radius 2 is 1.94 bits per heavy atom. The number of nitrogens with zero attached hydrogens (tertiary/aromatic N) is 1. The molecule has 1 fully saturated rings. The Morgan fingerprint density at radius 3 is 2.53 bits per heavy atom. The fourth-order valence-electron chi connectivity index (χ4n) is 2.59. The van der Waals surface area contributed by atoms with Crippen LogP contribution in [0.25, 0.3) is 0 Å². The van der Waals surface area contributed by atoms with Crippen LogP contribution in [0.2, 0.25) is 0 Å². The van der Waals surface area contributed by atoms with Crippen LogP contribution in [0.4, 0.5) is 0 Å². The first-order valence-electron chi connectivity index (χ1n) is 7.34. The molecule has 0 aromatic carbocycles. The van der Waals surface area contributed by atoms with E-state index in [0.717, 1.165) is 18.9 Å². The Bertz CT molecular complexity index is 209. The standard InChI is InChI=1S/C15H31NO/c1-5-13-7-6-10-16(11-8-13)12-9-14(17)15(2,3)4/h13-14,17H,5-12H2,1-4H3. The van der Waals surface area contributed by atoms with Crippen LogP contribution in [0.5, 0.6) is 0 Å². The van der Waals surface area contributed by atoms with Gasteiger partial charge < -0.3 is 10.0 Å². The number of rotatable bonds is 4. The molecule has 2 heteroatoms. The van der Waals surface area contributed by atoms with Crippen LogP contribution >= 0.6 is 0 Å². The quantitative estimate of drug-likeness (QED) is 0.816. The van der Waals surface area contributed by atoms with Gasteiger partial charge in [0.15, 0.2) is 0 Å². The van der Waals surface area contributed by atoms with E-state index in [1.165, 1.54) is 38.8 Å². The van der Waals surface area contributed by atoms with Crippen molar-refractivity contribution >= 4 is 0 Å². The van der Waals surface area contributed by atoms with Gasteiger partial charge in [-0.25, -0.2) is 0 Å². The average Bonchev–Trinajstić information content (AvgIpc) is 2.49. The SMILES string of the molecule is CCC1CCCN(CCC(O)C(C)(C)C)CC1. The molecule has 1 rings (SSSR count). The van der Waals surface area contributed by atoms with E-state index in [-0.39, 0.29) is 11.5 Å². The second-order valence-electron chi connectivity index (χ2n) is 6.72. The first-order chi connectivity index (χ1) is 7.93. The van der Waals surface area contributed by atoms with Crippen molar-refractivity contribution in [1.29, 1.82) is 0 Å². The largest absolute Gasteiger partial charge is 0.393 e. The van der Waals surface area contributed by atoms with Gasteiger partial charge in [-0.2, -0.15) is 0 Å². The molecule has 0 amide bonds. The van der Waals surface area contributed by atoms with Crippen LogP contribution in [0.1, 0.15) is 59.8 Å². The van der Waals surface area contributed by atoms with Gasteiger partial charge >= 0.3 is 0 Å². The molecule has 2 unspecified atom stereocenters. The molecule has 0 aromatic rings. The first kappa shape index (κ1) is 15.0. The fraction of sp³-hybridized carbons (Fsp3) is 1.00. The van der Waals surface area contributed by atoms with Gasteiger partial charge in [-0.05, 0) is 50.1 Å². The van der Waals surface area contributed by atoms with Crippen molar-refractivity contribution < 1.29 is 5.11 Å². The minimum absolute atomic E-state index is 0.0256. The molecular formula is C15H31NO. The normalized spacial score (nSPS) is 25.6. The molecule has 1 aliphatic rings. The van der Waals surface area contributed by atoms with E-state index in [4.69, 9.17) is 0 Å². The van der Waals surface area contributed by atoms with Gasteiger partial charge in [0.05, 0.1) is 6.10 Å². The van der Waals surface area contributed by atoms with Gasteiger partial charge in [0.1, 0.15) is 0 Å². The molecule has 1 N–H and O–H groups in total. The lowest BCUT2D eigenvalue weighted by molar-refractivity contribution is 0.0458. The molecular weight excluding hydrogens is 210 g/mol. The monoisotopic (exact) mass is 241 g/mol. The number of aliphatic hydroxyl groups excluding tert-OH is 1. The van der Waals surface area contributed by atoms with Gasteiger partial charge in [0.25, 0.3) is 0 Å². The third-order valence-corrected chi connectivity index (χ3v) is 4.24. The van der Waals surface area contributed by atoms with E-state index in [1.807, 2.05) is 0 Å². The van der Waals surface area contributed by atoms with E-state index < -0.39 is 0 Å². The average molecular weight is 241 g/mol. The van der Waals surface area contributed by atoms with Crippen molar-refractivity contribution in [2.75, 3.05) is 19.6 Å². The highest BCUT2D eigenvalue weighted by Gasteiger charge is 2.23. The second kappa shape index (κ2) is 6.75. The highest BCUT2D eigenvalue weighted by Crippen LogP contribution is 2.23. The zero-order chi connectivity index (χ0) is 12.9. The van der Waals surface area contributed by atoms with Crippen LogP contribution < -0.4 is 0 Å². The maximum Gasteiger partial charge on any atom is 0.0600 e. The van der Waals surface area contributed by atoms with E-state index in [2.05, 4.69) is 32.6 Å². The van der Waals surface area contributed by atoms with Crippen LogP contribution in [-0.4, -0.2) is 35.7 Å². The predicted octanol–water partition coefficient (Wildman–Crippen LogP) is 3.30. The van der Waals surface area contributed by atoms with Gasteiger partial charge in [0.2, 0.25) is 0 Å². The maximum absolute atomic E-state index is 10.1. The van der Waals surface area contributed by atoms with Crippen molar-refractivity contribution in [3.8, 4) is 0 Å². The summed E-state index contributed by atoms with van der Waals surface area (Å²) in [5.74, 6) is 0.938. The van der Waals surface area contributed by atoms with Crippen LogP contribution in [0.15, 0.2) is 0 Å². The summed E-state index contributed by atoms with van der Waals surface area (Å²) in [6.07, 6.45) is 6.16. The lowest BCUT2D eigenvalue weighted by atomic mass is 9.87. The van der Waals surface area contributed by atoms with Crippen molar-refractivity contribution in [3.63, 3.8) is 0 Å². The Morgan fingerprint density at radius 1 is 1.24 bits per heavy atom. The predicted molar refractivity (Wildman–Crippen MR) is 74.2 cm³/mol. The highest BCUT2D eigenvalue weighted by molar-refractivity contribution is 4.75. The van der Waals surface area contributed by atoms with Crippen molar-refractivity contribution in [2.45, 2.75) is 65.9 Å². The molecule has 1 heterocycles. The molecule has 2 nitrogen and oxygen atoms in total. The summed E-state index contributed by atoms with van der Waals surface area (Å²) in [7, 11) is 0. The van der Waals surface area contributed by atoms with Gasteiger partial charge in [-0.3, -0.25) is 0 Å². The zero-order valence-electron chi connectivity index (χ0n) is 12.2. The third-order valence-electron chi connectivity index (χ3n) is 4.24. The van der Waals surface area contributed by atoms with E-state index in [9.17, 15) is 5.11 Å².